The van der Waals surface area contributed by atoms with Crippen LogP contribution >= 0.6 is 23.4 Å². The van der Waals surface area contributed by atoms with Gasteiger partial charge in [0.2, 0.25) is 11.1 Å². The molecule has 0 aliphatic carbocycles. The van der Waals surface area contributed by atoms with Crippen LogP contribution in [0.2, 0.25) is 5.02 Å². The van der Waals surface area contributed by atoms with Crippen molar-refractivity contribution in [3.63, 3.8) is 0 Å². The fourth-order valence-corrected chi connectivity index (χ4v) is 3.74. The normalized spacial score (nSPS) is 12.0. The Bertz CT molecular complexity index is 913. The molecule has 3 aromatic rings. The highest BCUT2D eigenvalue weighted by molar-refractivity contribution is 8.00. The Labute approximate surface area is 160 Å². The van der Waals surface area contributed by atoms with Crippen molar-refractivity contribution in [1.82, 2.24) is 19.8 Å². The van der Waals surface area contributed by atoms with Gasteiger partial charge in [0, 0.05) is 19.7 Å². The molecule has 0 saturated heterocycles. The number of nitrogens with zero attached hydrogens (tertiary/aromatic N) is 4. The lowest BCUT2D eigenvalue weighted by molar-refractivity contribution is -0.128. The molecule has 3 rings (SSSR count). The fourth-order valence-electron chi connectivity index (χ4n) is 2.41. The summed E-state index contributed by atoms with van der Waals surface area (Å²) >= 11 is 7.49. The summed E-state index contributed by atoms with van der Waals surface area (Å²) in [5.41, 5.74) is 1.56. The molecule has 1 atom stereocenters. The van der Waals surface area contributed by atoms with Crippen LogP contribution in [0.3, 0.4) is 0 Å². The van der Waals surface area contributed by atoms with Gasteiger partial charge in [0.25, 0.3) is 0 Å². The van der Waals surface area contributed by atoms with Crippen LogP contribution in [0.5, 0.6) is 0 Å². The highest BCUT2D eigenvalue weighted by Crippen LogP contribution is 2.36. The second-order valence-corrected chi connectivity index (χ2v) is 7.28. The molecular formula is C18H18ClN5OS. The van der Waals surface area contributed by atoms with Gasteiger partial charge in [-0.25, -0.2) is 4.68 Å². The second kappa shape index (κ2) is 7.80. The third-order valence-electron chi connectivity index (χ3n) is 3.77. The highest BCUT2D eigenvalue weighted by Gasteiger charge is 2.27. The Kier molecular flexibility index (Phi) is 5.49. The monoisotopic (exact) mass is 387 g/mol. The van der Waals surface area contributed by atoms with Gasteiger partial charge in [-0.3, -0.25) is 4.79 Å². The van der Waals surface area contributed by atoms with Crippen LogP contribution in [0.1, 0.15) is 10.8 Å². The molecule has 0 saturated carbocycles. The Balaban J connectivity index is 1.96. The molecule has 1 amide bonds. The lowest BCUT2D eigenvalue weighted by atomic mass is 10.1. The summed E-state index contributed by atoms with van der Waals surface area (Å²) < 4.78 is 1.37. The molecule has 134 valence electrons. The quantitative estimate of drug-likeness (QED) is 0.537. The maximum atomic E-state index is 12.7. The Morgan fingerprint density at radius 2 is 1.77 bits per heavy atom. The van der Waals surface area contributed by atoms with E-state index in [1.807, 2.05) is 48.5 Å². The molecule has 0 spiro atoms. The number of aromatic nitrogens is 3. The molecule has 0 aliphatic rings. The van der Waals surface area contributed by atoms with E-state index >= 15 is 0 Å². The van der Waals surface area contributed by atoms with E-state index in [4.69, 9.17) is 17.4 Å². The van der Waals surface area contributed by atoms with Gasteiger partial charge in [0.15, 0.2) is 5.82 Å². The summed E-state index contributed by atoms with van der Waals surface area (Å²) in [5.74, 6) is 6.59. The number of carbonyl (C=O) groups is 1. The largest absolute Gasteiger partial charge is 0.348 e. The first-order valence-electron chi connectivity index (χ1n) is 7.87. The Hall–Kier alpha value is -2.51. The van der Waals surface area contributed by atoms with E-state index in [-0.39, 0.29) is 5.91 Å². The molecule has 0 aliphatic heterocycles. The predicted molar refractivity (Wildman–Crippen MR) is 104 cm³/mol. The molecule has 0 fully saturated rings. The SMILES string of the molecule is CN(C)C(=O)[C@H](Sc1nnc(-c2ccccc2Cl)n1N)c1ccccc1. The third kappa shape index (κ3) is 3.68. The van der Waals surface area contributed by atoms with E-state index in [0.717, 1.165) is 5.56 Å². The van der Waals surface area contributed by atoms with Crippen molar-refractivity contribution < 1.29 is 4.79 Å². The van der Waals surface area contributed by atoms with Crippen molar-refractivity contribution in [2.75, 3.05) is 19.9 Å². The van der Waals surface area contributed by atoms with Crippen LogP contribution in [0.25, 0.3) is 11.4 Å². The second-order valence-electron chi connectivity index (χ2n) is 5.80. The average molecular weight is 388 g/mol. The van der Waals surface area contributed by atoms with Crippen LogP contribution in [0.4, 0.5) is 0 Å². The number of nitrogens with two attached hydrogens (primary N) is 1. The first kappa shape index (κ1) is 18.3. The predicted octanol–water partition coefficient (Wildman–Crippen LogP) is 3.23. The minimum Gasteiger partial charge on any atom is -0.348 e. The van der Waals surface area contributed by atoms with Gasteiger partial charge in [0.05, 0.1) is 5.02 Å². The number of hydrogen-bond donors (Lipinski definition) is 1. The van der Waals surface area contributed by atoms with Crippen molar-refractivity contribution in [1.29, 1.82) is 0 Å². The zero-order valence-corrected chi connectivity index (χ0v) is 15.9. The Morgan fingerprint density at radius 3 is 2.42 bits per heavy atom. The molecule has 8 heteroatoms. The van der Waals surface area contributed by atoms with Crippen molar-refractivity contribution >= 4 is 29.3 Å². The first-order chi connectivity index (χ1) is 12.5. The van der Waals surface area contributed by atoms with Crippen molar-refractivity contribution in [2.24, 2.45) is 0 Å². The van der Waals surface area contributed by atoms with Crippen molar-refractivity contribution in [3.8, 4) is 11.4 Å². The van der Waals surface area contributed by atoms with Gasteiger partial charge in [-0.1, -0.05) is 65.8 Å². The molecule has 2 aromatic carbocycles. The third-order valence-corrected chi connectivity index (χ3v) is 5.30. The summed E-state index contributed by atoms with van der Waals surface area (Å²) in [7, 11) is 3.45. The molecule has 0 bridgehead atoms. The van der Waals surface area contributed by atoms with Crippen LogP contribution in [-0.2, 0) is 4.79 Å². The minimum absolute atomic E-state index is 0.0523. The number of benzene rings is 2. The number of amides is 1. The first-order valence-corrected chi connectivity index (χ1v) is 9.13. The van der Waals surface area contributed by atoms with E-state index in [0.29, 0.717) is 21.6 Å². The molecule has 2 N–H and O–H groups in total. The zero-order chi connectivity index (χ0) is 18.7. The maximum Gasteiger partial charge on any atom is 0.240 e. The number of likely N-dealkylation sites (N-methyl/N-ethyl adjacent to an activating group) is 1. The van der Waals surface area contributed by atoms with Crippen molar-refractivity contribution in [2.45, 2.75) is 10.4 Å². The molecule has 26 heavy (non-hydrogen) atoms. The summed E-state index contributed by atoms with van der Waals surface area (Å²) in [6.07, 6.45) is 0. The summed E-state index contributed by atoms with van der Waals surface area (Å²) in [6.45, 7) is 0. The smallest absolute Gasteiger partial charge is 0.240 e. The number of halogens is 1. The van der Waals surface area contributed by atoms with Gasteiger partial charge in [-0.15, -0.1) is 10.2 Å². The zero-order valence-electron chi connectivity index (χ0n) is 14.3. The number of hydrogen-bond acceptors (Lipinski definition) is 5. The molecule has 0 unspecified atom stereocenters. The van der Waals surface area contributed by atoms with Crippen molar-refractivity contribution in [3.05, 3.63) is 65.2 Å². The van der Waals surface area contributed by atoms with Crippen LogP contribution in [0.15, 0.2) is 59.8 Å². The van der Waals surface area contributed by atoms with Gasteiger partial charge in [-0.2, -0.15) is 0 Å². The molecule has 0 radical (unpaired) electrons. The van der Waals surface area contributed by atoms with Gasteiger partial charge in [-0.05, 0) is 17.7 Å². The molecule has 1 heterocycles. The summed E-state index contributed by atoms with van der Waals surface area (Å²) in [6, 6.07) is 16.8. The maximum absolute atomic E-state index is 12.7. The highest BCUT2D eigenvalue weighted by atomic mass is 35.5. The fraction of sp³-hybridized carbons (Fsp3) is 0.167. The van der Waals surface area contributed by atoms with E-state index in [9.17, 15) is 4.79 Å². The van der Waals surface area contributed by atoms with Crippen LogP contribution in [0, 0.1) is 0 Å². The number of carbonyl (C=O) groups excluding carboxylic acids is 1. The number of rotatable bonds is 5. The van der Waals surface area contributed by atoms with E-state index in [2.05, 4.69) is 10.2 Å². The standard InChI is InChI=1S/C18H18ClN5OS/c1-23(2)17(25)15(12-8-4-3-5-9-12)26-18-22-21-16(24(18)20)13-10-6-7-11-14(13)19/h3-11,15H,20H2,1-2H3/t15-/m1/s1. The molecular weight excluding hydrogens is 370 g/mol. The van der Waals surface area contributed by atoms with Crippen LogP contribution in [-0.4, -0.2) is 39.8 Å². The Morgan fingerprint density at radius 1 is 1.12 bits per heavy atom. The van der Waals surface area contributed by atoms with E-state index in [1.165, 1.54) is 16.4 Å². The average Bonchev–Trinajstić information content (AvgIpc) is 3.00. The topological polar surface area (TPSA) is 77.0 Å². The van der Waals surface area contributed by atoms with Gasteiger partial charge >= 0.3 is 0 Å². The molecule has 6 nitrogen and oxygen atoms in total. The number of thioether (sulfide) groups is 1. The van der Waals surface area contributed by atoms with Gasteiger partial charge < -0.3 is 10.7 Å². The van der Waals surface area contributed by atoms with E-state index in [1.54, 1.807) is 25.1 Å². The lowest BCUT2D eigenvalue weighted by Crippen LogP contribution is -2.27. The molecule has 1 aromatic heterocycles. The summed E-state index contributed by atoms with van der Waals surface area (Å²) in [5, 5.41) is 8.81. The minimum atomic E-state index is -0.475. The summed E-state index contributed by atoms with van der Waals surface area (Å²) in [4.78, 5) is 14.2. The van der Waals surface area contributed by atoms with Gasteiger partial charge in [0.1, 0.15) is 5.25 Å². The van der Waals surface area contributed by atoms with Crippen LogP contribution < -0.4 is 5.84 Å². The van der Waals surface area contributed by atoms with E-state index < -0.39 is 5.25 Å². The lowest BCUT2D eigenvalue weighted by Gasteiger charge is -2.20. The number of nitrogen functional groups attached to an aromatic ring is 1.